The number of aromatic nitrogens is 4. The summed E-state index contributed by atoms with van der Waals surface area (Å²) in [4.78, 5) is 11.6. The first-order valence-corrected chi connectivity index (χ1v) is 11.6. The van der Waals surface area contributed by atoms with E-state index in [0.29, 0.717) is 5.02 Å². The van der Waals surface area contributed by atoms with E-state index >= 15 is 0 Å². The van der Waals surface area contributed by atoms with E-state index < -0.39 is 0 Å². The monoisotopic (exact) mass is 460 g/mol. The number of nitrogens with zero attached hydrogens (tertiary/aromatic N) is 5. The summed E-state index contributed by atoms with van der Waals surface area (Å²) < 4.78 is 8.36. The lowest BCUT2D eigenvalue weighted by Gasteiger charge is -2.41. The Bertz CT molecular complexity index is 1370. The molecule has 2 N–H and O–H groups in total. The van der Waals surface area contributed by atoms with E-state index in [1.54, 1.807) is 6.20 Å². The number of benzene rings is 1. The topological polar surface area (TPSA) is 81.6 Å². The Hall–Kier alpha value is -3.16. The number of pyridine rings is 1. The summed E-state index contributed by atoms with van der Waals surface area (Å²) in [5.41, 5.74) is 11.8. The Morgan fingerprint density at radius 1 is 1.06 bits per heavy atom. The number of hydrogen-bond donors (Lipinski definition) is 1. The number of hydrogen-bond acceptors (Lipinski definition) is 6. The molecule has 33 heavy (non-hydrogen) atoms. The van der Waals surface area contributed by atoms with Gasteiger partial charge in [-0.2, -0.15) is 5.10 Å². The molecule has 0 aliphatic carbocycles. The second-order valence-corrected chi connectivity index (χ2v) is 9.30. The van der Waals surface area contributed by atoms with E-state index in [9.17, 15) is 0 Å². The molecule has 3 aromatic heterocycles. The molecule has 0 amide bonds. The number of fused-ring (bicyclic) bond motifs is 2. The lowest BCUT2D eigenvalue weighted by molar-refractivity contribution is 0.0431. The van der Waals surface area contributed by atoms with E-state index in [2.05, 4.69) is 21.0 Å². The fourth-order valence-electron chi connectivity index (χ4n) is 5.25. The maximum atomic E-state index is 6.66. The predicted molar refractivity (Wildman–Crippen MR) is 129 cm³/mol. The molecule has 0 radical (unpaired) electrons. The second-order valence-electron chi connectivity index (χ2n) is 8.92. The molecule has 1 atom stereocenters. The number of aryl methyl sites for hydroxylation is 2. The quantitative estimate of drug-likeness (QED) is 0.474. The Morgan fingerprint density at radius 2 is 1.85 bits per heavy atom. The number of para-hydroxylation sites is 1. The predicted octanol–water partition coefficient (Wildman–Crippen LogP) is 4.49. The van der Waals surface area contributed by atoms with Crippen molar-refractivity contribution in [2.75, 3.05) is 18.0 Å². The van der Waals surface area contributed by atoms with Crippen molar-refractivity contribution >= 4 is 22.9 Å². The third-order valence-electron chi connectivity index (χ3n) is 7.06. The lowest BCUT2D eigenvalue weighted by atomic mass is 9.83. The van der Waals surface area contributed by atoms with Crippen molar-refractivity contribution in [2.24, 2.45) is 5.73 Å². The van der Waals surface area contributed by atoms with E-state index in [4.69, 9.17) is 27.1 Å². The zero-order valence-corrected chi connectivity index (χ0v) is 19.4. The largest absolute Gasteiger partial charge is 0.485 e. The minimum Gasteiger partial charge on any atom is -0.485 e. The van der Waals surface area contributed by atoms with Gasteiger partial charge in [0.1, 0.15) is 16.9 Å². The van der Waals surface area contributed by atoms with Crippen LogP contribution in [0.1, 0.15) is 35.8 Å². The Balaban J connectivity index is 1.34. The molecular weight excluding hydrogens is 436 g/mol. The SMILES string of the molecule is Cc1nccc(-c2c(C)nc(N3CCC4(CC3)Oc3ccccc3[C@H]4N)c3ccnn23)c1Cl. The van der Waals surface area contributed by atoms with Crippen molar-refractivity contribution in [2.45, 2.75) is 38.3 Å². The number of nitrogens with two attached hydrogens (primary N) is 1. The molecule has 0 saturated carbocycles. The zero-order valence-electron chi connectivity index (χ0n) is 18.6. The van der Waals surface area contributed by atoms with Gasteiger partial charge in [-0.1, -0.05) is 29.8 Å². The van der Waals surface area contributed by atoms with Crippen molar-refractivity contribution in [1.29, 1.82) is 0 Å². The summed E-state index contributed by atoms with van der Waals surface area (Å²) in [5.74, 6) is 1.84. The van der Waals surface area contributed by atoms with Gasteiger partial charge in [-0.05, 0) is 32.0 Å². The minimum absolute atomic E-state index is 0.111. The molecule has 1 saturated heterocycles. The molecule has 0 bridgehead atoms. The van der Waals surface area contributed by atoms with Crippen LogP contribution in [0.5, 0.6) is 5.75 Å². The first-order valence-electron chi connectivity index (χ1n) is 11.2. The van der Waals surface area contributed by atoms with Crippen molar-refractivity contribution in [3.63, 3.8) is 0 Å². The Morgan fingerprint density at radius 3 is 2.64 bits per heavy atom. The second kappa shape index (κ2) is 7.43. The van der Waals surface area contributed by atoms with Crippen LogP contribution in [-0.4, -0.2) is 38.3 Å². The summed E-state index contributed by atoms with van der Waals surface area (Å²) in [5, 5.41) is 5.24. The van der Waals surface area contributed by atoms with Gasteiger partial charge < -0.3 is 15.4 Å². The Kier molecular flexibility index (Phi) is 4.61. The molecule has 6 rings (SSSR count). The molecule has 7 nitrogen and oxygen atoms in total. The third kappa shape index (κ3) is 3.03. The maximum absolute atomic E-state index is 6.66. The summed E-state index contributed by atoms with van der Waals surface area (Å²) >= 11 is 6.61. The summed E-state index contributed by atoms with van der Waals surface area (Å²) in [6.07, 6.45) is 5.25. The van der Waals surface area contributed by atoms with Gasteiger partial charge in [0, 0.05) is 43.3 Å². The van der Waals surface area contributed by atoms with E-state index in [1.807, 2.05) is 54.9 Å². The highest BCUT2D eigenvalue weighted by Gasteiger charge is 2.48. The first kappa shape index (κ1) is 20.4. The van der Waals surface area contributed by atoms with E-state index in [1.165, 1.54) is 0 Å². The summed E-state index contributed by atoms with van der Waals surface area (Å²) in [6.45, 7) is 5.53. The molecule has 2 aliphatic heterocycles. The standard InChI is InChI=1S/C25H25ClN6O/c1-15-21(26)18(7-11-28-15)22-16(2)30-24(19-8-12-29-32(19)22)31-13-9-25(10-14-31)23(27)17-5-3-4-6-20(17)33-25/h3-8,11-12,23H,9-10,13-14,27H2,1-2H3/t23-/m1/s1. The fraction of sp³-hybridized carbons (Fsp3) is 0.320. The third-order valence-corrected chi connectivity index (χ3v) is 7.54. The van der Waals surface area contributed by atoms with Gasteiger partial charge in [0.25, 0.3) is 0 Å². The van der Waals surface area contributed by atoms with Gasteiger partial charge in [0.2, 0.25) is 0 Å². The number of piperidine rings is 1. The van der Waals surface area contributed by atoms with Crippen molar-refractivity contribution in [3.8, 4) is 17.0 Å². The van der Waals surface area contributed by atoms with Crippen LogP contribution < -0.4 is 15.4 Å². The maximum Gasteiger partial charge on any atom is 0.155 e. The summed E-state index contributed by atoms with van der Waals surface area (Å²) in [7, 11) is 0. The van der Waals surface area contributed by atoms with Crippen LogP contribution in [-0.2, 0) is 0 Å². The molecule has 168 valence electrons. The van der Waals surface area contributed by atoms with Gasteiger partial charge in [-0.15, -0.1) is 0 Å². The fourth-order valence-corrected chi connectivity index (χ4v) is 5.45. The average Bonchev–Trinajstić information content (AvgIpc) is 3.40. The van der Waals surface area contributed by atoms with E-state index in [0.717, 1.165) is 71.2 Å². The van der Waals surface area contributed by atoms with Crippen LogP contribution in [0.25, 0.3) is 16.8 Å². The number of halogens is 1. The molecule has 2 aliphatic rings. The Labute approximate surface area is 197 Å². The van der Waals surface area contributed by atoms with Gasteiger partial charge in [0.15, 0.2) is 5.82 Å². The smallest absolute Gasteiger partial charge is 0.155 e. The highest BCUT2D eigenvalue weighted by molar-refractivity contribution is 6.33. The van der Waals surface area contributed by atoms with E-state index in [-0.39, 0.29) is 11.6 Å². The van der Waals surface area contributed by atoms with Crippen molar-refractivity contribution in [1.82, 2.24) is 19.6 Å². The number of ether oxygens (including phenoxy) is 1. The van der Waals surface area contributed by atoms with Crippen molar-refractivity contribution in [3.05, 3.63) is 70.8 Å². The summed E-state index contributed by atoms with van der Waals surface area (Å²) in [6, 6.07) is 11.9. The normalized spacial score (nSPS) is 19.2. The van der Waals surface area contributed by atoms with Gasteiger partial charge in [-0.3, -0.25) is 4.98 Å². The van der Waals surface area contributed by atoms with Gasteiger partial charge in [-0.25, -0.2) is 9.50 Å². The zero-order chi connectivity index (χ0) is 22.7. The molecule has 1 fully saturated rings. The lowest BCUT2D eigenvalue weighted by Crippen LogP contribution is -2.51. The molecule has 5 heterocycles. The van der Waals surface area contributed by atoms with Gasteiger partial charge in [0.05, 0.1) is 34.3 Å². The van der Waals surface area contributed by atoms with Crippen LogP contribution in [0, 0.1) is 13.8 Å². The van der Waals surface area contributed by atoms with Crippen LogP contribution in [0.15, 0.2) is 48.8 Å². The van der Waals surface area contributed by atoms with Crippen LogP contribution in [0.2, 0.25) is 5.02 Å². The highest BCUT2D eigenvalue weighted by atomic mass is 35.5. The first-order chi connectivity index (χ1) is 16.0. The molecular formula is C25H25ClN6O. The van der Waals surface area contributed by atoms with Crippen LogP contribution in [0.3, 0.4) is 0 Å². The molecule has 8 heteroatoms. The average molecular weight is 461 g/mol. The van der Waals surface area contributed by atoms with Crippen LogP contribution in [0.4, 0.5) is 5.82 Å². The molecule has 1 spiro atoms. The minimum atomic E-state index is -0.353. The number of rotatable bonds is 2. The molecule has 0 unspecified atom stereocenters. The highest BCUT2D eigenvalue weighted by Crippen LogP contribution is 2.47. The van der Waals surface area contributed by atoms with Gasteiger partial charge >= 0.3 is 0 Å². The van der Waals surface area contributed by atoms with Crippen molar-refractivity contribution < 1.29 is 4.74 Å². The molecule has 1 aromatic carbocycles. The molecule has 4 aromatic rings. The number of anilines is 1. The van der Waals surface area contributed by atoms with Crippen LogP contribution >= 0.6 is 11.6 Å².